The third-order valence-corrected chi connectivity index (χ3v) is 4.15. The van der Waals surface area contributed by atoms with Gasteiger partial charge < -0.3 is 14.1 Å². The van der Waals surface area contributed by atoms with Gasteiger partial charge >= 0.3 is 0 Å². The lowest BCUT2D eigenvalue weighted by molar-refractivity contribution is 0.0585. The molecule has 4 heterocycles. The van der Waals surface area contributed by atoms with E-state index >= 15 is 0 Å². The molecular formula is C17H17N5O3. The minimum atomic E-state index is -0.00410. The Morgan fingerprint density at radius 2 is 2.08 bits per heavy atom. The minimum absolute atomic E-state index is 0.00410. The number of ether oxygens (including phenoxy) is 1. The van der Waals surface area contributed by atoms with E-state index in [9.17, 15) is 4.79 Å². The Bertz CT molecular complexity index is 807. The van der Waals surface area contributed by atoms with Crippen LogP contribution in [0.4, 0.5) is 0 Å². The van der Waals surface area contributed by atoms with E-state index in [0.717, 1.165) is 12.8 Å². The molecule has 0 aromatic carbocycles. The van der Waals surface area contributed by atoms with Crippen LogP contribution < -0.4 is 4.74 Å². The number of carbonyl (C=O) groups is 1. The smallest absolute Gasteiger partial charge is 0.257 e. The van der Waals surface area contributed by atoms with Crippen molar-refractivity contribution in [3.8, 4) is 11.7 Å². The molecule has 0 spiro atoms. The lowest BCUT2D eigenvalue weighted by atomic mass is 10.1. The molecule has 0 unspecified atom stereocenters. The van der Waals surface area contributed by atoms with E-state index in [2.05, 4.69) is 15.3 Å². The average molecular weight is 339 g/mol. The maximum Gasteiger partial charge on any atom is 0.257 e. The first-order valence-corrected chi connectivity index (χ1v) is 8.11. The van der Waals surface area contributed by atoms with Crippen LogP contribution in [-0.2, 0) is 0 Å². The molecule has 128 valence electrons. The van der Waals surface area contributed by atoms with Crippen molar-refractivity contribution < 1.29 is 13.9 Å². The monoisotopic (exact) mass is 339 g/mol. The molecule has 0 atom stereocenters. The quantitative estimate of drug-likeness (QED) is 0.722. The van der Waals surface area contributed by atoms with Crippen molar-refractivity contribution in [3.05, 3.63) is 54.7 Å². The van der Waals surface area contributed by atoms with Gasteiger partial charge in [-0.25, -0.2) is 4.68 Å². The fourth-order valence-corrected chi connectivity index (χ4v) is 2.82. The Balaban J connectivity index is 1.32. The van der Waals surface area contributed by atoms with Crippen LogP contribution in [0.15, 0.2) is 53.6 Å². The molecule has 3 aromatic heterocycles. The number of amides is 1. The molecule has 1 saturated heterocycles. The van der Waals surface area contributed by atoms with Gasteiger partial charge in [-0.3, -0.25) is 4.79 Å². The molecule has 8 heteroatoms. The summed E-state index contributed by atoms with van der Waals surface area (Å²) in [5.74, 6) is 1.11. The highest BCUT2D eigenvalue weighted by molar-refractivity contribution is 5.93. The first-order valence-electron chi connectivity index (χ1n) is 8.11. The van der Waals surface area contributed by atoms with Gasteiger partial charge in [-0.15, -0.1) is 10.2 Å². The zero-order chi connectivity index (χ0) is 17.1. The third-order valence-electron chi connectivity index (χ3n) is 4.15. The second-order valence-corrected chi connectivity index (χ2v) is 5.80. The summed E-state index contributed by atoms with van der Waals surface area (Å²) in [7, 11) is 0. The number of aromatic nitrogens is 4. The number of likely N-dealkylation sites (tertiary alicyclic amines) is 1. The van der Waals surface area contributed by atoms with Gasteiger partial charge in [-0.05, 0) is 18.2 Å². The summed E-state index contributed by atoms with van der Waals surface area (Å²) in [6.45, 7) is 1.29. The van der Waals surface area contributed by atoms with Gasteiger partial charge in [0.15, 0.2) is 5.82 Å². The Kier molecular flexibility index (Phi) is 4.16. The van der Waals surface area contributed by atoms with Gasteiger partial charge in [0, 0.05) is 44.4 Å². The zero-order valence-electron chi connectivity index (χ0n) is 13.5. The highest BCUT2D eigenvalue weighted by atomic mass is 16.5. The standard InChI is InChI=1S/C17H17N5O3/c23-17(13-6-11-24-12-13)21-9-4-14(5-10-21)25-16-3-2-15(19-20-16)22-8-1-7-18-22/h1-3,6-8,11-12,14H,4-5,9-10H2. The molecular weight excluding hydrogens is 322 g/mol. The summed E-state index contributed by atoms with van der Waals surface area (Å²) in [6.07, 6.45) is 8.01. The normalized spacial score (nSPS) is 15.3. The molecule has 0 bridgehead atoms. The number of hydrogen-bond acceptors (Lipinski definition) is 6. The Labute approximate surface area is 144 Å². The summed E-state index contributed by atoms with van der Waals surface area (Å²) >= 11 is 0. The van der Waals surface area contributed by atoms with E-state index in [1.807, 2.05) is 17.0 Å². The van der Waals surface area contributed by atoms with Crippen molar-refractivity contribution >= 4 is 5.91 Å². The maximum atomic E-state index is 12.3. The molecule has 0 aliphatic carbocycles. The molecule has 8 nitrogen and oxygen atoms in total. The summed E-state index contributed by atoms with van der Waals surface area (Å²) in [4.78, 5) is 14.1. The molecule has 1 fully saturated rings. The van der Waals surface area contributed by atoms with Crippen LogP contribution in [0.1, 0.15) is 23.2 Å². The predicted octanol–water partition coefficient (Wildman–Crippen LogP) is 1.94. The SMILES string of the molecule is O=C(c1ccoc1)N1CCC(Oc2ccc(-n3cccn3)nn2)CC1. The van der Waals surface area contributed by atoms with Crippen LogP contribution in [-0.4, -0.2) is 50.0 Å². The van der Waals surface area contributed by atoms with E-state index in [4.69, 9.17) is 9.15 Å². The fraction of sp³-hybridized carbons (Fsp3) is 0.294. The molecule has 1 aliphatic heterocycles. The molecule has 0 saturated carbocycles. The second kappa shape index (κ2) is 6.76. The highest BCUT2D eigenvalue weighted by Crippen LogP contribution is 2.19. The molecule has 25 heavy (non-hydrogen) atoms. The van der Waals surface area contributed by atoms with Crippen molar-refractivity contribution in [2.75, 3.05) is 13.1 Å². The molecule has 4 rings (SSSR count). The first-order chi connectivity index (χ1) is 12.3. The summed E-state index contributed by atoms with van der Waals surface area (Å²) < 4.78 is 12.5. The number of furan rings is 1. The van der Waals surface area contributed by atoms with Crippen LogP contribution in [0.25, 0.3) is 5.82 Å². The zero-order valence-corrected chi connectivity index (χ0v) is 13.5. The number of carbonyl (C=O) groups excluding carboxylic acids is 1. The number of nitrogens with zero attached hydrogens (tertiary/aromatic N) is 5. The Hall–Kier alpha value is -3.16. The molecule has 1 amide bonds. The van der Waals surface area contributed by atoms with Gasteiger partial charge in [0.05, 0.1) is 11.8 Å². The summed E-state index contributed by atoms with van der Waals surface area (Å²) in [5.41, 5.74) is 0.583. The van der Waals surface area contributed by atoms with E-state index in [1.54, 1.807) is 29.2 Å². The van der Waals surface area contributed by atoms with Gasteiger partial charge in [0.1, 0.15) is 12.4 Å². The maximum absolute atomic E-state index is 12.3. The topological polar surface area (TPSA) is 86.3 Å². The lowest BCUT2D eigenvalue weighted by Crippen LogP contribution is -2.41. The second-order valence-electron chi connectivity index (χ2n) is 5.80. The van der Waals surface area contributed by atoms with Crippen molar-refractivity contribution in [2.45, 2.75) is 18.9 Å². The van der Waals surface area contributed by atoms with E-state index in [-0.39, 0.29) is 12.0 Å². The van der Waals surface area contributed by atoms with Crippen molar-refractivity contribution in [1.82, 2.24) is 24.9 Å². The van der Waals surface area contributed by atoms with Crippen molar-refractivity contribution in [3.63, 3.8) is 0 Å². The predicted molar refractivity (Wildman–Crippen MR) is 87.4 cm³/mol. The highest BCUT2D eigenvalue weighted by Gasteiger charge is 2.25. The number of hydrogen-bond donors (Lipinski definition) is 0. The fourth-order valence-electron chi connectivity index (χ4n) is 2.82. The lowest BCUT2D eigenvalue weighted by Gasteiger charge is -2.31. The minimum Gasteiger partial charge on any atom is -0.473 e. The van der Waals surface area contributed by atoms with Gasteiger partial charge in [-0.2, -0.15) is 5.10 Å². The van der Waals surface area contributed by atoms with Gasteiger partial charge in [0.2, 0.25) is 5.88 Å². The van der Waals surface area contributed by atoms with Gasteiger partial charge in [-0.1, -0.05) is 0 Å². The third kappa shape index (κ3) is 3.37. The van der Waals surface area contributed by atoms with E-state index < -0.39 is 0 Å². The van der Waals surface area contributed by atoms with Crippen molar-refractivity contribution in [2.24, 2.45) is 0 Å². The van der Waals surface area contributed by atoms with Crippen molar-refractivity contribution in [1.29, 1.82) is 0 Å². The van der Waals surface area contributed by atoms with Crippen LogP contribution >= 0.6 is 0 Å². The average Bonchev–Trinajstić information content (AvgIpc) is 3.36. The van der Waals surface area contributed by atoms with Crippen LogP contribution in [0.5, 0.6) is 5.88 Å². The summed E-state index contributed by atoms with van der Waals surface area (Å²) in [6, 6.07) is 7.10. The number of piperidine rings is 1. The molecule has 0 N–H and O–H groups in total. The first kappa shape index (κ1) is 15.4. The Morgan fingerprint density at radius 3 is 2.72 bits per heavy atom. The van der Waals surface area contributed by atoms with E-state index in [0.29, 0.717) is 30.4 Å². The summed E-state index contributed by atoms with van der Waals surface area (Å²) in [5, 5.41) is 12.3. The molecule has 0 radical (unpaired) electrons. The van der Waals surface area contributed by atoms with E-state index in [1.165, 1.54) is 12.5 Å². The number of rotatable bonds is 4. The van der Waals surface area contributed by atoms with Crippen LogP contribution in [0, 0.1) is 0 Å². The van der Waals surface area contributed by atoms with Crippen LogP contribution in [0.3, 0.4) is 0 Å². The van der Waals surface area contributed by atoms with Gasteiger partial charge in [0.25, 0.3) is 5.91 Å². The van der Waals surface area contributed by atoms with Crippen LogP contribution in [0.2, 0.25) is 0 Å². The molecule has 3 aromatic rings. The largest absolute Gasteiger partial charge is 0.473 e. The molecule has 1 aliphatic rings. The Morgan fingerprint density at radius 1 is 1.20 bits per heavy atom.